The number of benzene rings is 1. The van der Waals surface area contributed by atoms with Gasteiger partial charge in [0.25, 0.3) is 0 Å². The second-order valence-corrected chi connectivity index (χ2v) is 5.94. The number of hydrogen-bond acceptors (Lipinski definition) is 5. The first-order valence-corrected chi connectivity index (χ1v) is 7.84. The normalized spacial score (nSPS) is 19.2. The van der Waals surface area contributed by atoms with Gasteiger partial charge in [0.05, 0.1) is 13.7 Å². The van der Waals surface area contributed by atoms with E-state index in [1.807, 2.05) is 5.43 Å². The number of alkyl halides is 3. The fourth-order valence-corrected chi connectivity index (χ4v) is 2.98. The first-order chi connectivity index (χ1) is 12.4. The van der Waals surface area contributed by atoms with E-state index in [-0.39, 0.29) is 24.2 Å². The molecule has 1 aromatic carbocycles. The number of aromatic nitrogens is 1. The van der Waals surface area contributed by atoms with Crippen LogP contribution in [0.3, 0.4) is 0 Å². The lowest BCUT2D eigenvalue weighted by atomic mass is 10.1. The molecule has 0 amide bonds. The molecular formula is C17H17F4N3O2. The van der Waals surface area contributed by atoms with Crippen LogP contribution in [0.15, 0.2) is 30.5 Å². The van der Waals surface area contributed by atoms with Crippen LogP contribution in [0.25, 0.3) is 0 Å². The SMILES string of the molecule is COc1cccc(F)c1C1C[C@H]1COc1ccnc(NN)c1C(F)(F)F. The Balaban J connectivity index is 1.75. The Bertz CT molecular complexity index is 798. The second kappa shape index (κ2) is 6.99. The molecule has 9 heteroatoms. The molecule has 1 aliphatic rings. The molecule has 1 aliphatic carbocycles. The van der Waals surface area contributed by atoms with Crippen molar-refractivity contribution in [2.45, 2.75) is 18.5 Å². The van der Waals surface area contributed by atoms with Crippen LogP contribution >= 0.6 is 0 Å². The second-order valence-electron chi connectivity index (χ2n) is 5.94. The van der Waals surface area contributed by atoms with Gasteiger partial charge >= 0.3 is 6.18 Å². The van der Waals surface area contributed by atoms with Gasteiger partial charge in [-0.1, -0.05) is 6.07 Å². The van der Waals surface area contributed by atoms with Crippen LogP contribution in [0.4, 0.5) is 23.4 Å². The monoisotopic (exact) mass is 371 g/mol. The quantitative estimate of drug-likeness (QED) is 0.460. The third-order valence-corrected chi connectivity index (χ3v) is 4.31. The maximum atomic E-state index is 14.1. The molecule has 2 atom stereocenters. The van der Waals surface area contributed by atoms with Gasteiger partial charge < -0.3 is 14.9 Å². The van der Waals surface area contributed by atoms with Crippen molar-refractivity contribution in [3.63, 3.8) is 0 Å². The standard InChI is InChI=1S/C17H17F4N3O2/c1-25-12-4-2-3-11(18)14(12)10-7-9(10)8-26-13-5-6-23-16(24-22)15(13)17(19,20)21/h2-6,9-10H,7-8,22H2,1H3,(H,23,24)/t9-,10?/m0/s1. The molecule has 3 rings (SSSR count). The van der Waals surface area contributed by atoms with Crippen LogP contribution < -0.4 is 20.7 Å². The van der Waals surface area contributed by atoms with Crippen molar-refractivity contribution in [3.05, 3.63) is 47.4 Å². The van der Waals surface area contributed by atoms with E-state index in [1.54, 1.807) is 12.1 Å². The average Bonchev–Trinajstić information content (AvgIpc) is 3.37. The van der Waals surface area contributed by atoms with Gasteiger partial charge in [0.15, 0.2) is 5.82 Å². The zero-order chi connectivity index (χ0) is 18.9. The maximum Gasteiger partial charge on any atom is 0.423 e. The third-order valence-electron chi connectivity index (χ3n) is 4.31. The van der Waals surface area contributed by atoms with Crippen molar-refractivity contribution in [3.8, 4) is 11.5 Å². The van der Waals surface area contributed by atoms with Gasteiger partial charge in [-0.2, -0.15) is 13.2 Å². The molecule has 3 N–H and O–H groups in total. The fourth-order valence-electron chi connectivity index (χ4n) is 2.98. The van der Waals surface area contributed by atoms with E-state index in [9.17, 15) is 17.6 Å². The van der Waals surface area contributed by atoms with E-state index < -0.39 is 23.4 Å². The first kappa shape index (κ1) is 18.2. The third kappa shape index (κ3) is 3.52. The largest absolute Gasteiger partial charge is 0.496 e. The molecule has 1 aromatic heterocycles. The maximum absolute atomic E-state index is 14.1. The molecule has 0 bridgehead atoms. The van der Waals surface area contributed by atoms with E-state index in [2.05, 4.69) is 4.98 Å². The van der Waals surface area contributed by atoms with Crippen molar-refractivity contribution in [2.24, 2.45) is 11.8 Å². The summed E-state index contributed by atoms with van der Waals surface area (Å²) in [5, 5.41) is 0. The van der Waals surface area contributed by atoms with Crippen molar-refractivity contribution in [1.29, 1.82) is 0 Å². The number of halogens is 4. The molecule has 1 unspecified atom stereocenters. The highest BCUT2D eigenvalue weighted by Gasteiger charge is 2.43. The van der Waals surface area contributed by atoms with Gasteiger partial charge in [-0.3, -0.25) is 0 Å². The molecular weight excluding hydrogens is 354 g/mol. The molecule has 0 saturated heterocycles. The Labute approximate surface area is 147 Å². The molecule has 140 valence electrons. The Hall–Kier alpha value is -2.55. The average molecular weight is 371 g/mol. The van der Waals surface area contributed by atoms with E-state index in [0.717, 1.165) is 6.07 Å². The summed E-state index contributed by atoms with van der Waals surface area (Å²) in [4.78, 5) is 3.56. The summed E-state index contributed by atoms with van der Waals surface area (Å²) in [5.74, 6) is 3.98. The highest BCUT2D eigenvalue weighted by Crippen LogP contribution is 2.51. The van der Waals surface area contributed by atoms with E-state index in [1.165, 1.54) is 19.4 Å². The van der Waals surface area contributed by atoms with E-state index in [4.69, 9.17) is 15.3 Å². The van der Waals surface area contributed by atoms with Gasteiger partial charge in [0, 0.05) is 17.7 Å². The van der Waals surface area contributed by atoms with Gasteiger partial charge in [-0.15, -0.1) is 0 Å². The fraction of sp³-hybridized carbons (Fsp3) is 0.353. The summed E-state index contributed by atoms with van der Waals surface area (Å²) >= 11 is 0. The zero-order valence-corrected chi connectivity index (χ0v) is 13.8. The predicted octanol–water partition coefficient (Wildman–Crippen LogP) is 3.72. The molecule has 2 aromatic rings. The highest BCUT2D eigenvalue weighted by atomic mass is 19.4. The van der Waals surface area contributed by atoms with Crippen LogP contribution in [0.1, 0.15) is 23.5 Å². The van der Waals surface area contributed by atoms with Gasteiger partial charge in [0.1, 0.15) is 22.9 Å². The summed E-state index contributed by atoms with van der Waals surface area (Å²) in [6.45, 7) is 0.0132. The number of pyridine rings is 1. The summed E-state index contributed by atoms with van der Waals surface area (Å²) in [5.41, 5.74) is 1.29. The molecule has 0 radical (unpaired) electrons. The topological polar surface area (TPSA) is 69.4 Å². The van der Waals surface area contributed by atoms with Crippen LogP contribution in [-0.2, 0) is 6.18 Å². The molecule has 5 nitrogen and oxygen atoms in total. The molecule has 26 heavy (non-hydrogen) atoms. The smallest absolute Gasteiger partial charge is 0.423 e. The van der Waals surface area contributed by atoms with E-state index >= 15 is 0 Å². The van der Waals surface area contributed by atoms with Gasteiger partial charge in [0.2, 0.25) is 0 Å². The molecule has 0 spiro atoms. The van der Waals surface area contributed by atoms with Crippen LogP contribution in [-0.4, -0.2) is 18.7 Å². The van der Waals surface area contributed by atoms with Crippen molar-refractivity contribution < 1.29 is 27.0 Å². The summed E-state index contributed by atoms with van der Waals surface area (Å²) in [7, 11) is 1.44. The van der Waals surface area contributed by atoms with Crippen molar-refractivity contribution in [1.82, 2.24) is 4.98 Å². The lowest BCUT2D eigenvalue weighted by Crippen LogP contribution is -2.18. The minimum atomic E-state index is -4.68. The number of methoxy groups -OCH3 is 1. The summed E-state index contributed by atoms with van der Waals surface area (Å²) in [6, 6.07) is 5.65. The Morgan fingerprint density at radius 2 is 2.04 bits per heavy atom. The number of rotatable bonds is 6. The number of nitrogens with zero attached hydrogens (tertiary/aromatic N) is 1. The van der Waals surface area contributed by atoms with Crippen LogP contribution in [0.5, 0.6) is 11.5 Å². The van der Waals surface area contributed by atoms with Gasteiger partial charge in [-0.05, 0) is 30.5 Å². The Kier molecular flexibility index (Phi) is 4.90. The Morgan fingerprint density at radius 1 is 1.27 bits per heavy atom. The molecule has 1 saturated carbocycles. The van der Waals surface area contributed by atoms with E-state index in [0.29, 0.717) is 17.7 Å². The zero-order valence-electron chi connectivity index (χ0n) is 13.8. The highest BCUT2D eigenvalue weighted by molar-refractivity contribution is 5.52. The number of hydrazine groups is 1. The number of nitrogen functional groups attached to an aromatic ring is 1. The number of nitrogens with two attached hydrogens (primary N) is 1. The van der Waals surface area contributed by atoms with Crippen LogP contribution in [0, 0.1) is 11.7 Å². The summed E-state index contributed by atoms with van der Waals surface area (Å²) in [6.07, 6.45) is -2.90. The minimum Gasteiger partial charge on any atom is -0.496 e. The minimum absolute atomic E-state index is 0.0132. The lowest BCUT2D eigenvalue weighted by molar-refractivity contribution is -0.138. The molecule has 1 fully saturated rings. The first-order valence-electron chi connectivity index (χ1n) is 7.84. The van der Waals surface area contributed by atoms with Gasteiger partial charge in [-0.25, -0.2) is 15.2 Å². The molecule has 1 heterocycles. The van der Waals surface area contributed by atoms with Crippen molar-refractivity contribution in [2.75, 3.05) is 19.1 Å². The lowest BCUT2D eigenvalue weighted by Gasteiger charge is -2.16. The number of ether oxygens (including phenoxy) is 2. The predicted molar refractivity (Wildman–Crippen MR) is 86.3 cm³/mol. The van der Waals surface area contributed by atoms with Crippen LogP contribution in [0.2, 0.25) is 0 Å². The summed E-state index contributed by atoms with van der Waals surface area (Å²) < 4.78 is 64.4. The number of nitrogens with one attached hydrogen (secondary N) is 1. The number of hydrogen-bond donors (Lipinski definition) is 2. The van der Waals surface area contributed by atoms with Crippen molar-refractivity contribution >= 4 is 5.82 Å². The molecule has 0 aliphatic heterocycles. The Morgan fingerprint density at radius 3 is 2.69 bits per heavy atom. The number of anilines is 1.